The standard InChI is InChI=1S/C16H19FN2O2/c1-3-16(21)19(2)10-15(20)18-14-6-4-5-11-9-12(17)7-8-13(11)14/h3,7-9,14H,1,4-6,10H2,2H3,(H,18,20)/t14-/m0/s1. The largest absolute Gasteiger partial charge is 0.348 e. The molecule has 0 spiro atoms. The van der Waals surface area contributed by atoms with Gasteiger partial charge in [-0.25, -0.2) is 4.39 Å². The van der Waals surface area contributed by atoms with E-state index in [1.165, 1.54) is 23.1 Å². The summed E-state index contributed by atoms with van der Waals surface area (Å²) in [5.74, 6) is -0.775. The van der Waals surface area contributed by atoms with Crippen LogP contribution in [-0.2, 0) is 16.0 Å². The molecule has 0 saturated carbocycles. The lowest BCUT2D eigenvalue weighted by atomic mass is 9.87. The third kappa shape index (κ3) is 3.68. The molecule has 2 amide bonds. The predicted octanol–water partition coefficient (Wildman–Crippen LogP) is 1.96. The normalized spacial score (nSPS) is 16.8. The summed E-state index contributed by atoms with van der Waals surface area (Å²) in [6.07, 6.45) is 3.73. The van der Waals surface area contributed by atoms with Crippen molar-refractivity contribution < 1.29 is 14.0 Å². The van der Waals surface area contributed by atoms with Crippen LogP contribution in [0.2, 0.25) is 0 Å². The van der Waals surface area contributed by atoms with Gasteiger partial charge in [0.25, 0.3) is 0 Å². The van der Waals surface area contributed by atoms with Crippen molar-refractivity contribution in [3.05, 3.63) is 47.8 Å². The van der Waals surface area contributed by atoms with Crippen molar-refractivity contribution in [2.24, 2.45) is 0 Å². The number of halogens is 1. The van der Waals surface area contributed by atoms with Crippen LogP contribution < -0.4 is 5.32 Å². The first kappa shape index (κ1) is 15.2. The predicted molar refractivity (Wildman–Crippen MR) is 78.1 cm³/mol. The Morgan fingerprint density at radius 3 is 3.00 bits per heavy atom. The fourth-order valence-electron chi connectivity index (χ4n) is 2.62. The van der Waals surface area contributed by atoms with Crippen LogP contribution >= 0.6 is 0 Å². The molecule has 21 heavy (non-hydrogen) atoms. The Kier molecular flexibility index (Phi) is 4.73. The highest BCUT2D eigenvalue weighted by Gasteiger charge is 2.22. The Labute approximate surface area is 123 Å². The van der Waals surface area contributed by atoms with Crippen LogP contribution in [0.1, 0.15) is 30.0 Å². The first-order chi connectivity index (χ1) is 10.0. The molecule has 2 rings (SSSR count). The number of aryl methyl sites for hydroxylation is 1. The van der Waals surface area contributed by atoms with Crippen LogP contribution in [0.25, 0.3) is 0 Å². The molecule has 112 valence electrons. The van der Waals surface area contributed by atoms with Crippen molar-refractivity contribution >= 4 is 11.8 Å². The zero-order valence-corrected chi connectivity index (χ0v) is 12.1. The molecule has 1 aromatic rings. The zero-order valence-electron chi connectivity index (χ0n) is 12.1. The molecule has 1 atom stereocenters. The second-order valence-electron chi connectivity index (χ2n) is 5.25. The molecule has 1 aliphatic rings. The van der Waals surface area contributed by atoms with Gasteiger partial charge >= 0.3 is 0 Å². The van der Waals surface area contributed by atoms with Gasteiger partial charge in [0.2, 0.25) is 11.8 Å². The molecule has 1 N–H and O–H groups in total. The van der Waals surface area contributed by atoms with E-state index in [2.05, 4.69) is 11.9 Å². The Balaban J connectivity index is 2.03. The van der Waals surface area contributed by atoms with Crippen molar-refractivity contribution in [1.82, 2.24) is 10.2 Å². The van der Waals surface area contributed by atoms with Gasteiger partial charge in [-0.15, -0.1) is 0 Å². The van der Waals surface area contributed by atoms with Crippen molar-refractivity contribution in [3.63, 3.8) is 0 Å². The van der Waals surface area contributed by atoms with Crippen molar-refractivity contribution in [2.75, 3.05) is 13.6 Å². The van der Waals surface area contributed by atoms with E-state index in [0.29, 0.717) is 0 Å². The maximum Gasteiger partial charge on any atom is 0.246 e. The molecule has 0 fully saturated rings. The summed E-state index contributed by atoms with van der Waals surface area (Å²) in [5, 5.41) is 2.91. The lowest BCUT2D eigenvalue weighted by molar-refractivity contribution is -0.131. The number of benzene rings is 1. The quantitative estimate of drug-likeness (QED) is 0.862. The number of hydrogen-bond acceptors (Lipinski definition) is 2. The summed E-state index contributed by atoms with van der Waals surface area (Å²) in [6.45, 7) is 3.37. The van der Waals surface area contributed by atoms with Gasteiger partial charge in [0, 0.05) is 7.05 Å². The van der Waals surface area contributed by atoms with Gasteiger partial charge in [0.1, 0.15) is 5.82 Å². The van der Waals surface area contributed by atoms with E-state index < -0.39 is 0 Å². The summed E-state index contributed by atoms with van der Waals surface area (Å²) in [7, 11) is 1.55. The monoisotopic (exact) mass is 290 g/mol. The van der Waals surface area contributed by atoms with Crippen LogP contribution in [0.5, 0.6) is 0 Å². The Hall–Kier alpha value is -2.17. The van der Waals surface area contributed by atoms with E-state index in [-0.39, 0.29) is 30.2 Å². The van der Waals surface area contributed by atoms with Gasteiger partial charge in [-0.2, -0.15) is 0 Å². The Bertz CT molecular complexity index is 571. The summed E-state index contributed by atoms with van der Waals surface area (Å²) in [6, 6.07) is 4.56. The lowest BCUT2D eigenvalue weighted by Gasteiger charge is -2.27. The van der Waals surface area contributed by atoms with E-state index in [1.54, 1.807) is 13.1 Å². The molecule has 0 aliphatic heterocycles. The van der Waals surface area contributed by atoms with Crippen LogP contribution in [0, 0.1) is 5.82 Å². The SMILES string of the molecule is C=CC(=O)N(C)CC(=O)N[C@H]1CCCc2cc(F)ccc21. The molecule has 0 heterocycles. The van der Waals surface area contributed by atoms with E-state index >= 15 is 0 Å². The molecule has 0 unspecified atom stereocenters. The first-order valence-electron chi connectivity index (χ1n) is 6.96. The van der Waals surface area contributed by atoms with Gasteiger partial charge in [-0.1, -0.05) is 12.6 Å². The minimum atomic E-state index is -0.295. The van der Waals surface area contributed by atoms with Crippen molar-refractivity contribution in [3.8, 4) is 0 Å². The second kappa shape index (κ2) is 6.52. The average Bonchev–Trinajstić information content (AvgIpc) is 2.46. The van der Waals surface area contributed by atoms with Crippen molar-refractivity contribution in [2.45, 2.75) is 25.3 Å². The van der Waals surface area contributed by atoms with E-state index in [0.717, 1.165) is 30.4 Å². The van der Waals surface area contributed by atoms with Crippen LogP contribution in [0.4, 0.5) is 4.39 Å². The molecule has 0 bridgehead atoms. The molecule has 4 nitrogen and oxygen atoms in total. The summed E-state index contributed by atoms with van der Waals surface area (Å²) in [5.41, 5.74) is 1.91. The summed E-state index contributed by atoms with van der Waals surface area (Å²) < 4.78 is 13.2. The third-order valence-electron chi connectivity index (χ3n) is 3.69. The third-order valence-corrected chi connectivity index (χ3v) is 3.69. The highest BCUT2D eigenvalue weighted by Crippen LogP contribution is 2.30. The second-order valence-corrected chi connectivity index (χ2v) is 5.25. The first-order valence-corrected chi connectivity index (χ1v) is 6.96. The van der Waals surface area contributed by atoms with Crippen LogP contribution in [-0.4, -0.2) is 30.3 Å². The summed E-state index contributed by atoms with van der Waals surface area (Å²) >= 11 is 0. The number of carbonyl (C=O) groups excluding carboxylic acids is 2. The zero-order chi connectivity index (χ0) is 15.4. The molecule has 0 radical (unpaired) electrons. The molecule has 1 aliphatic carbocycles. The van der Waals surface area contributed by atoms with Gasteiger partial charge in [-0.3, -0.25) is 9.59 Å². The van der Waals surface area contributed by atoms with Gasteiger partial charge < -0.3 is 10.2 Å². The number of rotatable bonds is 4. The molecular formula is C16H19FN2O2. The maximum atomic E-state index is 13.2. The fraction of sp³-hybridized carbons (Fsp3) is 0.375. The number of likely N-dealkylation sites (N-methyl/N-ethyl adjacent to an activating group) is 1. The molecule has 0 aromatic heterocycles. The Morgan fingerprint density at radius 1 is 1.52 bits per heavy atom. The summed E-state index contributed by atoms with van der Waals surface area (Å²) in [4.78, 5) is 24.7. The topological polar surface area (TPSA) is 49.4 Å². The number of carbonyl (C=O) groups is 2. The van der Waals surface area contributed by atoms with E-state index in [9.17, 15) is 14.0 Å². The van der Waals surface area contributed by atoms with Crippen LogP contribution in [0.15, 0.2) is 30.9 Å². The fourth-order valence-corrected chi connectivity index (χ4v) is 2.62. The van der Waals surface area contributed by atoms with Crippen LogP contribution in [0.3, 0.4) is 0 Å². The van der Waals surface area contributed by atoms with Gasteiger partial charge in [0.15, 0.2) is 0 Å². The van der Waals surface area contributed by atoms with Crippen molar-refractivity contribution in [1.29, 1.82) is 0 Å². The minimum Gasteiger partial charge on any atom is -0.348 e. The molecule has 1 aromatic carbocycles. The number of hydrogen-bond donors (Lipinski definition) is 1. The Morgan fingerprint density at radius 2 is 2.29 bits per heavy atom. The highest BCUT2D eigenvalue weighted by atomic mass is 19.1. The number of fused-ring (bicyclic) bond motifs is 1. The van der Waals surface area contributed by atoms with Gasteiger partial charge in [0.05, 0.1) is 12.6 Å². The molecule has 5 heteroatoms. The number of nitrogens with one attached hydrogen (secondary N) is 1. The smallest absolute Gasteiger partial charge is 0.246 e. The highest BCUT2D eigenvalue weighted by molar-refractivity contribution is 5.90. The molecular weight excluding hydrogens is 271 g/mol. The van der Waals surface area contributed by atoms with E-state index in [1.807, 2.05) is 0 Å². The lowest BCUT2D eigenvalue weighted by Crippen LogP contribution is -2.40. The molecule has 0 saturated heterocycles. The number of amides is 2. The average molecular weight is 290 g/mol. The van der Waals surface area contributed by atoms with Gasteiger partial charge in [-0.05, 0) is 48.6 Å². The minimum absolute atomic E-state index is 0.0160. The maximum absolute atomic E-state index is 13.2. The number of nitrogens with zero attached hydrogens (tertiary/aromatic N) is 1. The van der Waals surface area contributed by atoms with E-state index in [4.69, 9.17) is 0 Å².